The predicted octanol–water partition coefficient (Wildman–Crippen LogP) is 1.60. The fourth-order valence-corrected chi connectivity index (χ4v) is 2.14. The van der Waals surface area contributed by atoms with Crippen molar-refractivity contribution in [3.63, 3.8) is 0 Å². The molecule has 6 heteroatoms. The van der Waals surface area contributed by atoms with E-state index in [-0.39, 0.29) is 24.9 Å². The number of rotatable bonds is 8. The van der Waals surface area contributed by atoms with Crippen LogP contribution in [0.2, 0.25) is 0 Å². The number of hydrogen-bond donors (Lipinski definition) is 3. The van der Waals surface area contributed by atoms with Gasteiger partial charge in [0.2, 0.25) is 5.91 Å². The molecular formula is C18H21FN2O3. The lowest BCUT2D eigenvalue weighted by Crippen LogP contribution is -2.44. The molecule has 0 aromatic heterocycles. The summed E-state index contributed by atoms with van der Waals surface area (Å²) in [6.07, 6.45) is 0. The van der Waals surface area contributed by atoms with Gasteiger partial charge in [-0.3, -0.25) is 10.1 Å². The summed E-state index contributed by atoms with van der Waals surface area (Å²) >= 11 is 0. The van der Waals surface area contributed by atoms with Crippen molar-refractivity contribution in [3.8, 4) is 5.75 Å². The van der Waals surface area contributed by atoms with Crippen LogP contribution in [0.4, 0.5) is 4.39 Å². The summed E-state index contributed by atoms with van der Waals surface area (Å²) < 4.78 is 19.1. The first-order valence-electron chi connectivity index (χ1n) is 7.65. The second-order valence-corrected chi connectivity index (χ2v) is 5.25. The van der Waals surface area contributed by atoms with Gasteiger partial charge in [0.15, 0.2) is 0 Å². The summed E-state index contributed by atoms with van der Waals surface area (Å²) in [5, 5.41) is 14.6. The number of amides is 1. The second-order valence-electron chi connectivity index (χ2n) is 5.25. The van der Waals surface area contributed by atoms with Gasteiger partial charge >= 0.3 is 0 Å². The molecule has 128 valence electrons. The number of halogens is 1. The highest BCUT2D eigenvalue weighted by Gasteiger charge is 2.14. The number of carbonyl (C=O) groups excluding carboxylic acids is 1. The molecule has 5 nitrogen and oxygen atoms in total. The Hall–Kier alpha value is -2.44. The van der Waals surface area contributed by atoms with Gasteiger partial charge in [-0.15, -0.1) is 0 Å². The molecular weight excluding hydrogens is 311 g/mol. The fourth-order valence-electron chi connectivity index (χ4n) is 2.14. The topological polar surface area (TPSA) is 70.6 Å². The van der Waals surface area contributed by atoms with Crippen LogP contribution in [-0.2, 0) is 17.9 Å². The highest BCUT2D eigenvalue weighted by Crippen LogP contribution is 2.15. The molecule has 0 saturated heterocycles. The van der Waals surface area contributed by atoms with Gasteiger partial charge in [0.1, 0.15) is 24.2 Å². The first-order chi connectivity index (χ1) is 11.6. The van der Waals surface area contributed by atoms with Crippen LogP contribution in [0.15, 0.2) is 48.5 Å². The Bertz CT molecular complexity index is 662. The number of aliphatic hydroxyl groups is 1. The minimum atomic E-state index is -0.646. The standard InChI is InChI=1S/C18H21FN2O3/c1-20-18(23)17(11-22)21-10-13-6-8-15(9-7-13)24-12-14-4-2-3-5-16(14)19/h2-9,17,21-22H,10-12H2,1H3,(H,20,23)/t17-/m1/s1. The average Bonchev–Trinajstić information content (AvgIpc) is 2.62. The molecule has 2 rings (SSSR count). The molecule has 0 heterocycles. The van der Waals surface area contributed by atoms with E-state index >= 15 is 0 Å². The third-order valence-electron chi connectivity index (χ3n) is 3.57. The van der Waals surface area contributed by atoms with Gasteiger partial charge in [0, 0.05) is 19.2 Å². The van der Waals surface area contributed by atoms with Gasteiger partial charge in [0.05, 0.1) is 6.61 Å². The van der Waals surface area contributed by atoms with Crippen LogP contribution in [0.3, 0.4) is 0 Å². The predicted molar refractivity (Wildman–Crippen MR) is 89.0 cm³/mol. The zero-order valence-electron chi connectivity index (χ0n) is 13.5. The summed E-state index contributed by atoms with van der Waals surface area (Å²) in [7, 11) is 1.52. The Balaban J connectivity index is 1.86. The highest BCUT2D eigenvalue weighted by molar-refractivity contribution is 5.81. The average molecular weight is 332 g/mol. The molecule has 0 aliphatic heterocycles. The van der Waals surface area contributed by atoms with Crippen LogP contribution in [0, 0.1) is 5.82 Å². The van der Waals surface area contributed by atoms with E-state index in [4.69, 9.17) is 4.74 Å². The zero-order chi connectivity index (χ0) is 17.4. The van der Waals surface area contributed by atoms with Crippen LogP contribution < -0.4 is 15.4 Å². The van der Waals surface area contributed by atoms with E-state index in [1.165, 1.54) is 13.1 Å². The van der Waals surface area contributed by atoms with Crippen molar-refractivity contribution in [2.45, 2.75) is 19.2 Å². The Kier molecular flexibility index (Phi) is 6.72. The summed E-state index contributed by atoms with van der Waals surface area (Å²) in [5.74, 6) is 0.0805. The van der Waals surface area contributed by atoms with E-state index in [2.05, 4.69) is 10.6 Å². The maximum atomic E-state index is 13.5. The molecule has 2 aromatic rings. The second kappa shape index (κ2) is 9.00. The van der Waals surface area contributed by atoms with Crippen LogP contribution in [0.25, 0.3) is 0 Å². The van der Waals surface area contributed by atoms with Gasteiger partial charge in [-0.1, -0.05) is 30.3 Å². The van der Waals surface area contributed by atoms with Crippen molar-refractivity contribution < 1.29 is 19.0 Å². The van der Waals surface area contributed by atoms with E-state index < -0.39 is 6.04 Å². The number of nitrogens with one attached hydrogen (secondary N) is 2. The molecule has 0 saturated carbocycles. The number of carbonyl (C=O) groups is 1. The summed E-state index contributed by atoms with van der Waals surface area (Å²) in [6, 6.07) is 13.1. The molecule has 1 atom stereocenters. The third kappa shape index (κ3) is 5.04. The van der Waals surface area contributed by atoms with E-state index in [0.717, 1.165) is 5.56 Å². The minimum Gasteiger partial charge on any atom is -0.489 e. The van der Waals surface area contributed by atoms with Crippen LogP contribution in [0.1, 0.15) is 11.1 Å². The van der Waals surface area contributed by atoms with E-state index in [9.17, 15) is 14.3 Å². The Labute approximate surface area is 140 Å². The van der Waals surface area contributed by atoms with Crippen LogP contribution in [-0.4, -0.2) is 30.7 Å². The molecule has 0 spiro atoms. The van der Waals surface area contributed by atoms with Gasteiger partial charge < -0.3 is 15.2 Å². The van der Waals surface area contributed by atoms with E-state index in [1.54, 1.807) is 30.3 Å². The number of ether oxygens (including phenoxy) is 1. The molecule has 0 fully saturated rings. The van der Waals surface area contributed by atoms with E-state index in [0.29, 0.717) is 17.9 Å². The lowest BCUT2D eigenvalue weighted by Gasteiger charge is -2.14. The normalized spacial score (nSPS) is 11.8. The molecule has 0 aliphatic rings. The maximum absolute atomic E-state index is 13.5. The Morgan fingerprint density at radius 1 is 1.21 bits per heavy atom. The van der Waals surface area contributed by atoms with E-state index in [1.807, 2.05) is 12.1 Å². The first kappa shape index (κ1) is 17.9. The zero-order valence-corrected chi connectivity index (χ0v) is 13.5. The smallest absolute Gasteiger partial charge is 0.239 e. The molecule has 0 aliphatic carbocycles. The fraction of sp³-hybridized carbons (Fsp3) is 0.278. The quantitative estimate of drug-likeness (QED) is 0.687. The Morgan fingerprint density at radius 2 is 1.92 bits per heavy atom. The van der Waals surface area contributed by atoms with Crippen molar-refractivity contribution in [1.29, 1.82) is 0 Å². The van der Waals surface area contributed by atoms with Gasteiger partial charge in [-0.2, -0.15) is 0 Å². The minimum absolute atomic E-state index is 0.160. The monoisotopic (exact) mass is 332 g/mol. The van der Waals surface area contributed by atoms with Gasteiger partial charge in [-0.25, -0.2) is 4.39 Å². The van der Waals surface area contributed by atoms with Crippen LogP contribution >= 0.6 is 0 Å². The van der Waals surface area contributed by atoms with Crippen molar-refractivity contribution >= 4 is 5.91 Å². The highest BCUT2D eigenvalue weighted by atomic mass is 19.1. The molecule has 0 bridgehead atoms. The molecule has 3 N–H and O–H groups in total. The largest absolute Gasteiger partial charge is 0.489 e. The van der Waals surface area contributed by atoms with Crippen molar-refractivity contribution in [3.05, 3.63) is 65.5 Å². The van der Waals surface area contributed by atoms with Crippen LogP contribution in [0.5, 0.6) is 5.75 Å². The van der Waals surface area contributed by atoms with Crippen molar-refractivity contribution in [2.75, 3.05) is 13.7 Å². The summed E-state index contributed by atoms with van der Waals surface area (Å²) in [5.41, 5.74) is 1.44. The SMILES string of the molecule is CNC(=O)[C@@H](CO)NCc1ccc(OCc2ccccc2F)cc1. The lowest BCUT2D eigenvalue weighted by molar-refractivity contribution is -0.123. The lowest BCUT2D eigenvalue weighted by atomic mass is 10.2. The number of benzene rings is 2. The van der Waals surface area contributed by atoms with Gasteiger partial charge in [0.25, 0.3) is 0 Å². The molecule has 0 radical (unpaired) electrons. The number of aliphatic hydroxyl groups excluding tert-OH is 1. The maximum Gasteiger partial charge on any atom is 0.239 e. The number of likely N-dealkylation sites (N-methyl/N-ethyl adjacent to an activating group) is 1. The molecule has 0 unspecified atom stereocenters. The molecule has 24 heavy (non-hydrogen) atoms. The summed E-state index contributed by atoms with van der Waals surface area (Å²) in [4.78, 5) is 11.5. The van der Waals surface area contributed by atoms with Crippen molar-refractivity contribution in [2.24, 2.45) is 0 Å². The molecule has 1 amide bonds. The van der Waals surface area contributed by atoms with Gasteiger partial charge in [-0.05, 0) is 23.8 Å². The third-order valence-corrected chi connectivity index (χ3v) is 3.57. The summed E-state index contributed by atoms with van der Waals surface area (Å²) in [6.45, 7) is 0.323. The molecule has 2 aromatic carbocycles. The Morgan fingerprint density at radius 3 is 2.54 bits per heavy atom. The number of hydrogen-bond acceptors (Lipinski definition) is 4. The van der Waals surface area contributed by atoms with Crippen molar-refractivity contribution in [1.82, 2.24) is 10.6 Å². The first-order valence-corrected chi connectivity index (χ1v) is 7.65.